The quantitative estimate of drug-likeness (QED) is 0.404. The number of ether oxygens (including phenoxy) is 2. The summed E-state index contributed by atoms with van der Waals surface area (Å²) in [7, 11) is 0. The first-order chi connectivity index (χ1) is 21.2. The van der Waals surface area contributed by atoms with Crippen LogP contribution in [0.2, 0.25) is 0 Å². The van der Waals surface area contributed by atoms with Crippen molar-refractivity contribution in [1.82, 2.24) is 9.80 Å². The van der Waals surface area contributed by atoms with Gasteiger partial charge in [0.05, 0.1) is 0 Å². The van der Waals surface area contributed by atoms with Gasteiger partial charge in [0, 0.05) is 44.3 Å². The van der Waals surface area contributed by atoms with Gasteiger partial charge in [0.15, 0.2) is 0 Å². The molecule has 1 heterocycles. The van der Waals surface area contributed by atoms with Crippen molar-refractivity contribution in [2.75, 3.05) is 38.1 Å². The number of carbonyl (C=O) groups is 2. The van der Waals surface area contributed by atoms with Gasteiger partial charge < -0.3 is 27.3 Å². The smallest absolute Gasteiger partial charge is 0.448 e. The van der Waals surface area contributed by atoms with Gasteiger partial charge in [-0.3, -0.25) is 10.2 Å². The maximum absolute atomic E-state index is 14.5. The zero-order valence-corrected chi connectivity index (χ0v) is 30.8. The molecule has 46 heavy (non-hydrogen) atoms. The Morgan fingerprint density at radius 3 is 1.93 bits per heavy atom. The Hall–Kier alpha value is -2.35. The van der Waals surface area contributed by atoms with Crippen LogP contribution in [0.25, 0.3) is 11.1 Å². The Bertz CT molecular complexity index is 1570. The zero-order chi connectivity index (χ0) is 32.7. The number of amides is 2. The van der Waals surface area contributed by atoms with E-state index < -0.39 is 30.2 Å². The van der Waals surface area contributed by atoms with Gasteiger partial charge in [0.2, 0.25) is 0 Å². The minimum absolute atomic E-state index is 0. The summed E-state index contributed by atoms with van der Waals surface area (Å²) in [4.78, 5) is 29.3. The van der Waals surface area contributed by atoms with Gasteiger partial charge in [-0.2, -0.15) is 0 Å². The van der Waals surface area contributed by atoms with E-state index in [9.17, 15) is 22.5 Å². The van der Waals surface area contributed by atoms with E-state index in [4.69, 9.17) is 9.47 Å². The van der Waals surface area contributed by atoms with Crippen LogP contribution in [0.1, 0.15) is 60.1 Å². The number of benzene rings is 3. The molecular weight excluding hydrogens is 621 g/mol. The van der Waals surface area contributed by atoms with Gasteiger partial charge in [-0.15, -0.1) is 5.46 Å². The maximum atomic E-state index is 14.5. The summed E-state index contributed by atoms with van der Waals surface area (Å²) >= 11 is 0. The van der Waals surface area contributed by atoms with Crippen LogP contribution in [-0.4, -0.2) is 67.4 Å². The molecule has 3 aromatic rings. The molecule has 2 aliphatic rings. The van der Waals surface area contributed by atoms with E-state index >= 15 is 0 Å². The van der Waals surface area contributed by atoms with E-state index in [0.717, 1.165) is 22.3 Å². The molecule has 0 unspecified atom stereocenters. The molecule has 12 heteroatoms. The molecule has 0 atom stereocenters. The third-order valence-corrected chi connectivity index (χ3v) is 8.77. The van der Waals surface area contributed by atoms with Gasteiger partial charge in [0.25, 0.3) is 0 Å². The predicted octanol–water partition coefficient (Wildman–Crippen LogP) is 4.08. The molecule has 0 spiro atoms. The number of fused-ring (bicyclic) bond motifs is 3. The molecule has 1 N–H and O–H groups in total. The minimum atomic E-state index is -5.36. The second-order valence-electron chi connectivity index (χ2n) is 12.9. The molecule has 0 saturated carbocycles. The molecule has 3 aromatic carbocycles. The second-order valence-corrected chi connectivity index (χ2v) is 12.9. The SMILES string of the molecule is Cc1c(CN2CCN(C(=O)OC(C)(C)C)CC2)c(C)c([B-](F)(F)F)c(C)c1NC(=O)OCC1c2ccccc2-c2ccccc21.[K+]. The van der Waals surface area contributed by atoms with Crippen molar-refractivity contribution in [2.24, 2.45) is 0 Å². The molecule has 2 amide bonds. The summed E-state index contributed by atoms with van der Waals surface area (Å²) in [5, 5.41) is 2.67. The average molecular weight is 662 g/mol. The molecule has 0 aromatic heterocycles. The largest absolute Gasteiger partial charge is 1.00 e. The molecular formula is C34H40BF3KN3O4. The number of rotatable bonds is 6. The van der Waals surface area contributed by atoms with E-state index in [1.165, 1.54) is 13.8 Å². The molecule has 1 aliphatic heterocycles. The molecule has 5 rings (SSSR count). The normalized spacial score (nSPS) is 15.1. The van der Waals surface area contributed by atoms with Crippen molar-refractivity contribution >= 4 is 30.3 Å². The van der Waals surface area contributed by atoms with Crippen LogP contribution in [0.3, 0.4) is 0 Å². The summed E-state index contributed by atoms with van der Waals surface area (Å²) < 4.78 is 54.6. The first-order valence-corrected chi connectivity index (χ1v) is 15.3. The maximum Gasteiger partial charge on any atom is 1.00 e. The molecule has 0 bridgehead atoms. The number of hydrogen-bond acceptors (Lipinski definition) is 5. The number of anilines is 1. The molecule has 7 nitrogen and oxygen atoms in total. The number of nitrogens with zero attached hydrogens (tertiary/aromatic N) is 2. The number of carbonyl (C=O) groups excluding carboxylic acids is 2. The fraction of sp³-hybridized carbons (Fsp3) is 0.412. The summed E-state index contributed by atoms with van der Waals surface area (Å²) in [6, 6.07) is 15.9. The monoisotopic (exact) mass is 661 g/mol. The topological polar surface area (TPSA) is 71.1 Å². The summed E-state index contributed by atoms with van der Waals surface area (Å²) in [5.74, 6) is -0.174. The Kier molecular flexibility index (Phi) is 11.4. The van der Waals surface area contributed by atoms with Crippen molar-refractivity contribution in [3.63, 3.8) is 0 Å². The number of hydrogen-bond donors (Lipinski definition) is 1. The van der Waals surface area contributed by atoms with E-state index in [1.54, 1.807) is 32.6 Å². The van der Waals surface area contributed by atoms with Crippen molar-refractivity contribution in [3.8, 4) is 11.1 Å². The van der Waals surface area contributed by atoms with Crippen LogP contribution in [-0.2, 0) is 16.0 Å². The van der Waals surface area contributed by atoms with E-state index in [-0.39, 0.29) is 87.3 Å². The standard InChI is InChI=1S/C34H40BF3N3O4.K/c1-21-28(19-40-15-17-41(18-16-40)33(43)45-34(4,5)6)22(2)31(23(3)30(21)35(36,37)38)39-32(42)44-20-29-26-13-9-7-11-24(26)25-12-8-10-14-27(25)29;/h7-14,29H,15-20H2,1-6H3,(H,39,42);/q-1;+1. The van der Waals surface area contributed by atoms with Gasteiger partial charge in [-0.05, 0) is 74.9 Å². The zero-order valence-electron chi connectivity index (χ0n) is 27.7. The third kappa shape index (κ3) is 7.85. The first kappa shape index (κ1) is 36.5. The van der Waals surface area contributed by atoms with E-state index in [0.29, 0.717) is 37.3 Å². The van der Waals surface area contributed by atoms with Gasteiger partial charge in [0.1, 0.15) is 12.2 Å². The first-order valence-electron chi connectivity index (χ1n) is 15.3. The molecule has 0 radical (unpaired) electrons. The van der Waals surface area contributed by atoms with Crippen molar-refractivity contribution < 1.29 is 83.4 Å². The van der Waals surface area contributed by atoms with E-state index in [1.807, 2.05) is 53.4 Å². The fourth-order valence-corrected chi connectivity index (χ4v) is 6.58. The van der Waals surface area contributed by atoms with Crippen LogP contribution in [0.4, 0.5) is 28.2 Å². The Labute approximate surface area is 311 Å². The van der Waals surface area contributed by atoms with Gasteiger partial charge in [-0.25, -0.2) is 9.59 Å². The second kappa shape index (κ2) is 14.4. The molecule has 1 aliphatic carbocycles. The van der Waals surface area contributed by atoms with E-state index in [2.05, 4.69) is 5.32 Å². The Morgan fingerprint density at radius 2 is 1.41 bits per heavy atom. The Balaban J connectivity index is 0.00000480. The van der Waals surface area contributed by atoms with Crippen LogP contribution in [0.15, 0.2) is 48.5 Å². The van der Waals surface area contributed by atoms with Crippen molar-refractivity contribution in [2.45, 2.75) is 59.6 Å². The van der Waals surface area contributed by atoms with Crippen LogP contribution in [0, 0.1) is 20.8 Å². The van der Waals surface area contributed by atoms with Crippen molar-refractivity contribution in [1.29, 1.82) is 0 Å². The summed E-state index contributed by atoms with van der Waals surface area (Å²) in [6.45, 7) is 6.73. The molecule has 1 fully saturated rings. The molecule has 240 valence electrons. The minimum Gasteiger partial charge on any atom is -0.448 e. The number of halogens is 3. The predicted molar refractivity (Wildman–Crippen MR) is 171 cm³/mol. The van der Waals surface area contributed by atoms with Gasteiger partial charge in [-0.1, -0.05) is 59.7 Å². The third-order valence-electron chi connectivity index (χ3n) is 8.77. The fourth-order valence-electron chi connectivity index (χ4n) is 6.58. The van der Waals surface area contributed by atoms with Crippen molar-refractivity contribution in [3.05, 3.63) is 81.9 Å². The Morgan fingerprint density at radius 1 is 0.870 bits per heavy atom. The number of piperazine rings is 1. The summed E-state index contributed by atoms with van der Waals surface area (Å²) in [6.07, 6.45) is -1.20. The van der Waals surface area contributed by atoms with Crippen LogP contribution >= 0.6 is 0 Å². The van der Waals surface area contributed by atoms with Gasteiger partial charge >= 0.3 is 70.5 Å². The van der Waals surface area contributed by atoms with Crippen LogP contribution < -0.4 is 62.2 Å². The average Bonchev–Trinajstić information content (AvgIpc) is 3.29. The summed E-state index contributed by atoms with van der Waals surface area (Å²) in [5.41, 5.74) is 4.28. The molecule has 1 saturated heterocycles. The van der Waals surface area contributed by atoms with Crippen LogP contribution in [0.5, 0.6) is 0 Å². The number of nitrogens with one attached hydrogen (secondary N) is 1.